The number of esters is 2. The van der Waals surface area contributed by atoms with Crippen LogP contribution < -0.4 is 0 Å². The topological polar surface area (TPSA) is 134 Å². The van der Waals surface area contributed by atoms with Crippen molar-refractivity contribution in [2.75, 3.05) is 6.61 Å². The second-order valence-corrected chi connectivity index (χ2v) is 16.0. The molecule has 0 radical (unpaired) electrons. The fourth-order valence-electron chi connectivity index (χ4n) is 8.66. The minimum atomic E-state index is -1.85. The number of rotatable bonds is 4. The number of carbonyl (C=O) groups excluding carboxylic acids is 2. The molecule has 4 aliphatic heterocycles. The molecule has 1 unspecified atom stereocenters. The van der Waals surface area contributed by atoms with E-state index in [4.69, 9.17) is 23.7 Å². The van der Waals surface area contributed by atoms with Gasteiger partial charge < -0.3 is 33.9 Å². The summed E-state index contributed by atoms with van der Waals surface area (Å²) in [6, 6.07) is 3.12. The van der Waals surface area contributed by atoms with Crippen LogP contribution in [0.15, 0.2) is 83.3 Å². The Morgan fingerprint density at radius 3 is 2.60 bits per heavy atom. The Morgan fingerprint density at radius 2 is 1.87 bits per heavy atom. The first-order valence-corrected chi connectivity index (χ1v) is 18.8. The average Bonchev–Trinajstić information content (AvgIpc) is 3.42. The van der Waals surface area contributed by atoms with Crippen molar-refractivity contribution in [3.05, 3.63) is 88.8 Å². The van der Waals surface area contributed by atoms with E-state index in [2.05, 4.69) is 50.9 Å². The molecule has 1 aromatic rings. The van der Waals surface area contributed by atoms with Gasteiger partial charge in [0, 0.05) is 37.6 Å². The Labute approximate surface area is 307 Å². The van der Waals surface area contributed by atoms with Crippen molar-refractivity contribution in [1.82, 2.24) is 4.98 Å². The summed E-state index contributed by atoms with van der Waals surface area (Å²) in [5.41, 5.74) is 1.77. The van der Waals surface area contributed by atoms with Crippen LogP contribution >= 0.6 is 0 Å². The summed E-state index contributed by atoms with van der Waals surface area (Å²) in [7, 11) is 0. The van der Waals surface area contributed by atoms with Crippen LogP contribution in [-0.2, 0) is 28.5 Å². The Morgan fingerprint density at radius 1 is 1.12 bits per heavy atom. The second kappa shape index (κ2) is 15.5. The van der Waals surface area contributed by atoms with E-state index < -0.39 is 53.7 Å². The standard InChI is InChI=1S/C42H55NO9/c1-24(2)17-27(5)36-29(7)35(44)22-41(52-36)21-33-20-32(51-41)12-11-26(4)18-25(3)9-8-10-31-23-48-38-37(50-39(45)30-13-15-43-16-14-30)28(6)19-34(40(46)49-33)42(31,38)47/h8-11,13-17,19,24-25,29,32-38,44,47H,12,18,20-23H2,1-7H3/b9-8+,26-11+,27-17+,31-10+/t25-,29-,32+,33-,34-,35?,36+,37+,38+,41-,42+/m0/s1. The summed E-state index contributed by atoms with van der Waals surface area (Å²) in [6.45, 7) is 14.3. The zero-order valence-corrected chi connectivity index (χ0v) is 31.5. The van der Waals surface area contributed by atoms with E-state index in [-0.39, 0.29) is 43.5 Å². The zero-order chi connectivity index (χ0) is 37.4. The highest BCUT2D eigenvalue weighted by atomic mass is 16.7. The van der Waals surface area contributed by atoms with Crippen molar-refractivity contribution in [2.24, 2.45) is 23.7 Å². The molecular weight excluding hydrogens is 662 g/mol. The molecule has 0 aromatic carbocycles. The number of aliphatic hydroxyl groups excluding tert-OH is 1. The normalized spacial score (nSPS) is 41.2. The minimum Gasteiger partial charge on any atom is -0.462 e. The van der Waals surface area contributed by atoms with E-state index in [1.807, 2.05) is 26.0 Å². The molecule has 10 nitrogen and oxygen atoms in total. The number of hydrogen-bond acceptors (Lipinski definition) is 10. The third-order valence-electron chi connectivity index (χ3n) is 11.2. The Balaban J connectivity index is 1.36. The van der Waals surface area contributed by atoms with Crippen LogP contribution in [0.25, 0.3) is 0 Å². The first-order valence-electron chi connectivity index (χ1n) is 18.8. The highest BCUT2D eigenvalue weighted by Gasteiger charge is 2.61. The third kappa shape index (κ3) is 7.92. The lowest BCUT2D eigenvalue weighted by molar-refractivity contribution is -0.342. The van der Waals surface area contributed by atoms with Crippen molar-refractivity contribution in [2.45, 2.75) is 129 Å². The average molecular weight is 718 g/mol. The van der Waals surface area contributed by atoms with Gasteiger partial charge in [-0.05, 0) is 74.3 Å². The predicted molar refractivity (Wildman–Crippen MR) is 195 cm³/mol. The smallest absolute Gasteiger partial charge is 0.338 e. The molecule has 6 rings (SSSR count). The maximum Gasteiger partial charge on any atom is 0.338 e. The van der Waals surface area contributed by atoms with Gasteiger partial charge in [-0.2, -0.15) is 0 Å². The maximum atomic E-state index is 14.5. The van der Waals surface area contributed by atoms with Gasteiger partial charge in [0.05, 0.1) is 30.5 Å². The molecule has 10 heteroatoms. The van der Waals surface area contributed by atoms with Crippen molar-refractivity contribution < 1.29 is 43.5 Å². The van der Waals surface area contributed by atoms with Gasteiger partial charge >= 0.3 is 11.9 Å². The molecule has 3 saturated heterocycles. The van der Waals surface area contributed by atoms with E-state index in [9.17, 15) is 19.8 Å². The number of pyridine rings is 1. The van der Waals surface area contributed by atoms with Crippen LogP contribution in [0.5, 0.6) is 0 Å². The SMILES string of the molecule is CC1=C[C@H]2C(=O)O[C@H]3C[C@@H](C/C=C(\C)C[C@@H](C)/C=C/C=C4\CO[C@H]([C@@H]1OC(=O)c1ccncc1)[C@@]42O)O[C@@]1(CC(O)[C@H](C)[C@@H](/C(C)=C/C(C)C)O1)C3. The van der Waals surface area contributed by atoms with Crippen LogP contribution in [0.3, 0.4) is 0 Å². The molecule has 5 aliphatic rings. The molecule has 2 N–H and O–H groups in total. The summed E-state index contributed by atoms with van der Waals surface area (Å²) >= 11 is 0. The fraction of sp³-hybridized carbons (Fsp3) is 0.595. The number of aliphatic hydroxyl groups is 2. The van der Waals surface area contributed by atoms with Gasteiger partial charge in [-0.1, -0.05) is 69.7 Å². The van der Waals surface area contributed by atoms with Crippen LogP contribution in [0.2, 0.25) is 0 Å². The van der Waals surface area contributed by atoms with Crippen LogP contribution in [0, 0.1) is 23.7 Å². The molecule has 282 valence electrons. The number of carbonyl (C=O) groups is 2. The summed E-state index contributed by atoms with van der Waals surface area (Å²) in [6.07, 6.45) is 13.1. The number of ether oxygens (including phenoxy) is 5. The Hall–Kier alpha value is -3.41. The molecule has 5 heterocycles. The lowest BCUT2D eigenvalue weighted by Gasteiger charge is -2.51. The number of allylic oxidation sites excluding steroid dienone is 5. The van der Waals surface area contributed by atoms with Gasteiger partial charge in [-0.25, -0.2) is 4.79 Å². The van der Waals surface area contributed by atoms with E-state index >= 15 is 0 Å². The Bertz CT molecular complexity index is 1640. The summed E-state index contributed by atoms with van der Waals surface area (Å²) in [5.74, 6) is -3.17. The highest BCUT2D eigenvalue weighted by Crippen LogP contribution is 2.48. The molecule has 1 aliphatic carbocycles. The molecule has 11 atom stereocenters. The summed E-state index contributed by atoms with van der Waals surface area (Å²) in [5, 5.41) is 24.1. The van der Waals surface area contributed by atoms with Gasteiger partial charge in [-0.15, -0.1) is 0 Å². The Kier molecular flexibility index (Phi) is 11.4. The van der Waals surface area contributed by atoms with E-state index in [0.29, 0.717) is 35.5 Å². The van der Waals surface area contributed by atoms with Crippen molar-refractivity contribution in [3.8, 4) is 0 Å². The molecule has 2 bridgehead atoms. The van der Waals surface area contributed by atoms with Crippen molar-refractivity contribution in [1.29, 1.82) is 0 Å². The number of aromatic nitrogens is 1. The van der Waals surface area contributed by atoms with Gasteiger partial charge in [0.15, 0.2) is 11.9 Å². The molecular formula is C42H55NO9. The monoisotopic (exact) mass is 717 g/mol. The van der Waals surface area contributed by atoms with Crippen molar-refractivity contribution >= 4 is 11.9 Å². The van der Waals surface area contributed by atoms with Crippen LogP contribution in [0.4, 0.5) is 0 Å². The molecule has 0 saturated carbocycles. The number of nitrogens with zero attached hydrogens (tertiary/aromatic N) is 1. The minimum absolute atomic E-state index is 0.0457. The van der Waals surface area contributed by atoms with Gasteiger partial charge in [0.2, 0.25) is 0 Å². The van der Waals surface area contributed by atoms with E-state index in [1.165, 1.54) is 18.0 Å². The molecule has 3 fully saturated rings. The molecule has 52 heavy (non-hydrogen) atoms. The van der Waals surface area contributed by atoms with Gasteiger partial charge in [0.1, 0.15) is 23.7 Å². The highest BCUT2D eigenvalue weighted by molar-refractivity contribution is 5.89. The van der Waals surface area contributed by atoms with Crippen LogP contribution in [-0.4, -0.2) is 81.8 Å². The molecule has 1 spiro atoms. The lowest BCUT2D eigenvalue weighted by atomic mass is 9.70. The molecule has 1 aromatic heterocycles. The van der Waals surface area contributed by atoms with Gasteiger partial charge in [0.25, 0.3) is 0 Å². The third-order valence-corrected chi connectivity index (χ3v) is 11.2. The quantitative estimate of drug-likeness (QED) is 0.268. The van der Waals surface area contributed by atoms with Gasteiger partial charge in [-0.3, -0.25) is 9.78 Å². The zero-order valence-electron chi connectivity index (χ0n) is 31.5. The number of hydrogen-bond donors (Lipinski definition) is 2. The second-order valence-electron chi connectivity index (χ2n) is 16.0. The summed E-state index contributed by atoms with van der Waals surface area (Å²) < 4.78 is 32.2. The fourth-order valence-corrected chi connectivity index (χ4v) is 8.66. The predicted octanol–water partition coefficient (Wildman–Crippen LogP) is 6.35. The first-order chi connectivity index (χ1) is 24.7. The maximum absolute atomic E-state index is 14.5. The number of fused-ring (bicyclic) bond motifs is 2. The van der Waals surface area contributed by atoms with Crippen molar-refractivity contribution in [3.63, 3.8) is 0 Å². The largest absolute Gasteiger partial charge is 0.462 e. The lowest BCUT2D eigenvalue weighted by Crippen LogP contribution is -2.60. The van der Waals surface area contributed by atoms with E-state index in [0.717, 1.165) is 12.0 Å². The van der Waals surface area contributed by atoms with E-state index in [1.54, 1.807) is 25.1 Å². The van der Waals surface area contributed by atoms with Crippen LogP contribution in [0.1, 0.15) is 90.9 Å². The first kappa shape index (κ1) is 38.3. The molecule has 0 amide bonds. The summed E-state index contributed by atoms with van der Waals surface area (Å²) in [4.78, 5) is 31.6.